The van der Waals surface area contributed by atoms with Crippen molar-refractivity contribution in [2.45, 2.75) is 38.7 Å². The fourth-order valence-electron chi connectivity index (χ4n) is 2.85. The minimum Gasteiger partial charge on any atom is -0.375 e. The van der Waals surface area contributed by atoms with Gasteiger partial charge in [0, 0.05) is 20.1 Å². The molecule has 0 amide bonds. The normalized spacial score (nSPS) is 22.9. The molecule has 0 aliphatic carbocycles. The molecule has 1 aliphatic heterocycles. The second kappa shape index (κ2) is 6.17. The molecule has 0 aromatic carbocycles. The maximum Gasteiger partial charge on any atom is 0.435 e. The third-order valence-electron chi connectivity index (χ3n) is 4.03. The minimum absolute atomic E-state index is 0.214. The largest absolute Gasteiger partial charge is 0.435 e. The first-order valence-electron chi connectivity index (χ1n) is 7.51. The van der Waals surface area contributed by atoms with Crippen LogP contribution < -0.4 is 0 Å². The smallest absolute Gasteiger partial charge is 0.375 e. The topological polar surface area (TPSA) is 69.2 Å². The molecule has 2 aromatic heterocycles. The summed E-state index contributed by atoms with van der Waals surface area (Å²) in [7, 11) is 1.50. The van der Waals surface area contributed by atoms with Crippen molar-refractivity contribution in [3.63, 3.8) is 0 Å². The molecule has 1 aliphatic rings. The van der Waals surface area contributed by atoms with E-state index in [0.717, 1.165) is 6.07 Å². The van der Waals surface area contributed by atoms with Crippen molar-refractivity contribution in [1.29, 1.82) is 0 Å². The Morgan fingerprint density at radius 2 is 2.12 bits per heavy atom. The molecule has 0 saturated carbocycles. The average molecular weight is 345 g/mol. The van der Waals surface area contributed by atoms with Crippen LogP contribution in [-0.2, 0) is 24.5 Å². The number of hydrogen-bond acceptors (Lipinski definition) is 6. The summed E-state index contributed by atoms with van der Waals surface area (Å²) in [5.41, 5.74) is -0.441. The first kappa shape index (κ1) is 16.9. The van der Waals surface area contributed by atoms with E-state index in [1.807, 2.05) is 11.8 Å². The second-order valence-electron chi connectivity index (χ2n) is 5.81. The summed E-state index contributed by atoms with van der Waals surface area (Å²) in [6.45, 7) is 4.89. The van der Waals surface area contributed by atoms with Gasteiger partial charge in [0.15, 0.2) is 11.5 Å². The van der Waals surface area contributed by atoms with Gasteiger partial charge in [-0.15, -0.1) is 0 Å². The van der Waals surface area contributed by atoms with E-state index >= 15 is 0 Å². The summed E-state index contributed by atoms with van der Waals surface area (Å²) >= 11 is 0. The predicted molar refractivity (Wildman–Crippen MR) is 75.8 cm³/mol. The number of alkyl halides is 3. The molecule has 7 nitrogen and oxygen atoms in total. The van der Waals surface area contributed by atoms with Gasteiger partial charge in [-0.1, -0.05) is 5.16 Å². The number of ether oxygens (including phenoxy) is 1. The summed E-state index contributed by atoms with van der Waals surface area (Å²) < 4.78 is 50.6. The van der Waals surface area contributed by atoms with E-state index < -0.39 is 11.9 Å². The maximum absolute atomic E-state index is 12.8. The van der Waals surface area contributed by atoms with Crippen LogP contribution in [0.15, 0.2) is 10.6 Å². The average Bonchev–Trinajstić information content (AvgIpc) is 3.06. The highest BCUT2D eigenvalue weighted by Crippen LogP contribution is 2.32. The summed E-state index contributed by atoms with van der Waals surface area (Å²) in [5, 5.41) is 7.34. The molecular weight excluding hydrogens is 327 g/mol. The third-order valence-corrected chi connectivity index (χ3v) is 4.03. The highest BCUT2D eigenvalue weighted by atomic mass is 19.4. The zero-order chi connectivity index (χ0) is 17.5. The van der Waals surface area contributed by atoms with E-state index in [0.29, 0.717) is 30.6 Å². The number of nitrogens with zero attached hydrogens (tertiary/aromatic N) is 5. The summed E-state index contributed by atoms with van der Waals surface area (Å²) in [4.78, 5) is 6.21. The van der Waals surface area contributed by atoms with Crippen LogP contribution in [0.3, 0.4) is 0 Å². The molecule has 0 radical (unpaired) electrons. The number of morpholine rings is 1. The highest BCUT2D eigenvalue weighted by Gasteiger charge is 2.37. The molecule has 0 spiro atoms. The Morgan fingerprint density at radius 3 is 2.71 bits per heavy atom. The Kier molecular flexibility index (Phi) is 4.35. The quantitative estimate of drug-likeness (QED) is 0.848. The van der Waals surface area contributed by atoms with Crippen molar-refractivity contribution in [1.82, 2.24) is 24.8 Å². The van der Waals surface area contributed by atoms with Crippen molar-refractivity contribution in [2.75, 3.05) is 13.2 Å². The van der Waals surface area contributed by atoms with Gasteiger partial charge in [0.05, 0.1) is 18.4 Å². The second-order valence-corrected chi connectivity index (χ2v) is 5.81. The van der Waals surface area contributed by atoms with Gasteiger partial charge >= 0.3 is 6.18 Å². The Balaban J connectivity index is 1.85. The Morgan fingerprint density at radius 1 is 1.38 bits per heavy atom. The zero-order valence-electron chi connectivity index (χ0n) is 13.5. The van der Waals surface area contributed by atoms with Gasteiger partial charge in [0.25, 0.3) is 0 Å². The molecule has 2 atom stereocenters. The van der Waals surface area contributed by atoms with Crippen molar-refractivity contribution >= 4 is 0 Å². The van der Waals surface area contributed by atoms with Gasteiger partial charge in [-0.05, 0) is 19.9 Å². The predicted octanol–water partition coefficient (Wildman–Crippen LogP) is 2.09. The fraction of sp³-hybridized carbons (Fsp3) is 0.643. The van der Waals surface area contributed by atoms with Crippen LogP contribution in [0.4, 0.5) is 13.2 Å². The maximum atomic E-state index is 12.8. The van der Waals surface area contributed by atoms with Crippen molar-refractivity contribution in [2.24, 2.45) is 7.05 Å². The third kappa shape index (κ3) is 3.29. The van der Waals surface area contributed by atoms with Crippen LogP contribution in [0.2, 0.25) is 0 Å². The van der Waals surface area contributed by atoms with Gasteiger partial charge in [0.1, 0.15) is 6.04 Å². The van der Waals surface area contributed by atoms with E-state index in [4.69, 9.17) is 9.26 Å². The van der Waals surface area contributed by atoms with Crippen LogP contribution >= 0.6 is 0 Å². The van der Waals surface area contributed by atoms with Crippen molar-refractivity contribution in [3.8, 4) is 0 Å². The molecule has 0 unspecified atom stereocenters. The van der Waals surface area contributed by atoms with E-state index in [2.05, 4.69) is 15.2 Å². The van der Waals surface area contributed by atoms with Crippen LogP contribution in [0.25, 0.3) is 0 Å². The van der Waals surface area contributed by atoms with Crippen LogP contribution in [0.5, 0.6) is 0 Å². The number of aromatic nitrogens is 4. The zero-order valence-corrected chi connectivity index (χ0v) is 13.5. The molecule has 2 aromatic rings. The Hall–Kier alpha value is -1.94. The number of rotatable bonds is 3. The molecule has 3 heterocycles. The van der Waals surface area contributed by atoms with Gasteiger partial charge in [-0.3, -0.25) is 9.58 Å². The van der Waals surface area contributed by atoms with Crippen LogP contribution in [0.1, 0.15) is 36.1 Å². The van der Waals surface area contributed by atoms with Crippen molar-refractivity contribution < 1.29 is 22.4 Å². The van der Waals surface area contributed by atoms with Crippen molar-refractivity contribution in [3.05, 3.63) is 29.2 Å². The summed E-state index contributed by atoms with van der Waals surface area (Å²) in [6.07, 6.45) is -4.67. The van der Waals surface area contributed by atoms with E-state index in [1.54, 1.807) is 6.92 Å². The molecule has 24 heavy (non-hydrogen) atoms. The molecule has 10 heteroatoms. The SMILES string of the molecule is Cc1noc([C@@H]2[C@@H](C)OCCN2Cc2cc(C(F)(F)F)nn2C)n1. The lowest BCUT2D eigenvalue weighted by molar-refractivity contribution is -0.141. The lowest BCUT2D eigenvalue weighted by atomic mass is 10.1. The van der Waals surface area contributed by atoms with E-state index in [-0.39, 0.29) is 18.7 Å². The molecule has 1 fully saturated rings. The van der Waals surface area contributed by atoms with E-state index in [9.17, 15) is 13.2 Å². The van der Waals surface area contributed by atoms with Gasteiger partial charge in [-0.25, -0.2) is 0 Å². The van der Waals surface area contributed by atoms with Crippen LogP contribution in [0, 0.1) is 6.92 Å². The lowest BCUT2D eigenvalue weighted by Gasteiger charge is -2.37. The molecule has 132 valence electrons. The van der Waals surface area contributed by atoms with Gasteiger partial charge in [0.2, 0.25) is 5.89 Å². The summed E-state index contributed by atoms with van der Waals surface area (Å²) in [6, 6.07) is 0.750. The lowest BCUT2D eigenvalue weighted by Crippen LogP contribution is -2.44. The number of halogens is 3. The standard InChI is InChI=1S/C14H18F3N5O2/c1-8-12(13-18-9(2)20-24-13)22(4-5-23-8)7-10-6-11(14(15,16)17)19-21(10)3/h6,8,12H,4-5,7H2,1-3H3/t8-,12+/m1/s1. The van der Waals surface area contributed by atoms with Gasteiger partial charge in [-0.2, -0.15) is 23.3 Å². The molecule has 3 rings (SSSR count). The fourth-order valence-corrected chi connectivity index (χ4v) is 2.85. The Bertz CT molecular complexity index is 712. The molecule has 1 saturated heterocycles. The molecular formula is C14H18F3N5O2. The summed E-state index contributed by atoms with van der Waals surface area (Å²) in [5.74, 6) is 0.903. The Labute approximate surface area is 136 Å². The number of hydrogen-bond donors (Lipinski definition) is 0. The molecule has 0 N–H and O–H groups in total. The van der Waals surface area contributed by atoms with E-state index in [1.165, 1.54) is 11.7 Å². The molecule has 0 bridgehead atoms. The minimum atomic E-state index is -4.46. The first-order valence-corrected chi connectivity index (χ1v) is 7.51. The number of aryl methyl sites for hydroxylation is 2. The van der Waals surface area contributed by atoms with Crippen LogP contribution in [-0.4, -0.2) is 44.1 Å². The first-order chi connectivity index (χ1) is 11.3. The highest BCUT2D eigenvalue weighted by molar-refractivity contribution is 5.14. The monoisotopic (exact) mass is 345 g/mol. The van der Waals surface area contributed by atoms with Gasteiger partial charge < -0.3 is 9.26 Å².